The van der Waals surface area contributed by atoms with Crippen molar-refractivity contribution in [3.8, 4) is 0 Å². The molecule has 17 heavy (non-hydrogen) atoms. The van der Waals surface area contributed by atoms with E-state index in [1.807, 2.05) is 0 Å². The summed E-state index contributed by atoms with van der Waals surface area (Å²) in [6, 6.07) is 0. The molecule has 0 aromatic heterocycles. The molecule has 1 aliphatic heterocycles. The highest BCUT2D eigenvalue weighted by Crippen LogP contribution is 2.16. The summed E-state index contributed by atoms with van der Waals surface area (Å²) in [6.45, 7) is 19.8. The first-order chi connectivity index (χ1) is 7.87. The van der Waals surface area contributed by atoms with E-state index in [9.17, 15) is 0 Å². The summed E-state index contributed by atoms with van der Waals surface area (Å²) >= 11 is 0. The molecule has 1 heterocycles. The van der Waals surface area contributed by atoms with Crippen LogP contribution in [0.25, 0.3) is 0 Å². The Morgan fingerprint density at radius 2 is 1.53 bits per heavy atom. The quantitative estimate of drug-likeness (QED) is 0.792. The van der Waals surface area contributed by atoms with E-state index in [0.717, 1.165) is 19.1 Å². The summed E-state index contributed by atoms with van der Waals surface area (Å²) in [5.41, 5.74) is 0.429. The molecule has 1 saturated heterocycles. The van der Waals surface area contributed by atoms with E-state index < -0.39 is 0 Å². The van der Waals surface area contributed by atoms with Crippen LogP contribution < -0.4 is 5.32 Å². The molecule has 3 nitrogen and oxygen atoms in total. The van der Waals surface area contributed by atoms with Crippen molar-refractivity contribution in [2.45, 2.75) is 34.6 Å². The smallest absolute Gasteiger partial charge is 0.0481 e. The van der Waals surface area contributed by atoms with Crippen LogP contribution in [0.1, 0.15) is 34.6 Å². The van der Waals surface area contributed by atoms with Gasteiger partial charge in [0.15, 0.2) is 0 Å². The maximum Gasteiger partial charge on any atom is 0.0481 e. The predicted molar refractivity (Wildman–Crippen MR) is 75.2 cm³/mol. The van der Waals surface area contributed by atoms with Crippen LogP contribution in [-0.4, -0.2) is 55.7 Å². The topological polar surface area (TPSA) is 18.5 Å². The Labute approximate surface area is 108 Å². The predicted octanol–water partition coefficient (Wildman–Crippen LogP) is 1.85. The molecule has 0 saturated carbocycles. The van der Waals surface area contributed by atoms with Gasteiger partial charge in [0, 0.05) is 39.4 Å². The molecule has 1 rings (SSSR count). The van der Waals surface area contributed by atoms with Gasteiger partial charge in [0.05, 0.1) is 0 Å². The van der Waals surface area contributed by atoms with Crippen LogP contribution in [0.5, 0.6) is 0 Å². The van der Waals surface area contributed by atoms with Gasteiger partial charge < -0.3 is 10.2 Å². The average Bonchev–Trinajstić information content (AvgIpc) is 2.18. The van der Waals surface area contributed by atoms with Crippen molar-refractivity contribution in [3.05, 3.63) is 0 Å². The van der Waals surface area contributed by atoms with Crippen molar-refractivity contribution >= 4 is 0 Å². The Hall–Kier alpha value is -0.120. The molecule has 0 spiro atoms. The third-order valence-electron chi connectivity index (χ3n) is 3.05. The second-order valence-corrected chi connectivity index (χ2v) is 6.96. The van der Waals surface area contributed by atoms with Gasteiger partial charge in [-0.3, -0.25) is 4.90 Å². The molecule has 0 bridgehead atoms. The second-order valence-electron chi connectivity index (χ2n) is 6.96. The number of piperazine rings is 1. The van der Waals surface area contributed by atoms with Crippen LogP contribution in [0.4, 0.5) is 0 Å². The molecule has 0 aromatic carbocycles. The average molecular weight is 241 g/mol. The van der Waals surface area contributed by atoms with Crippen LogP contribution >= 0.6 is 0 Å². The fourth-order valence-electron chi connectivity index (χ4n) is 2.29. The zero-order valence-electron chi connectivity index (χ0n) is 12.4. The first-order valence-electron chi connectivity index (χ1n) is 7.02. The minimum Gasteiger partial charge on any atom is -0.304 e. The lowest BCUT2D eigenvalue weighted by Crippen LogP contribution is -2.51. The molecule has 0 aliphatic carbocycles. The minimum absolute atomic E-state index is 0.429. The first kappa shape index (κ1) is 14.9. The van der Waals surface area contributed by atoms with E-state index in [1.165, 1.54) is 32.7 Å². The van der Waals surface area contributed by atoms with Crippen molar-refractivity contribution < 1.29 is 0 Å². The molecular weight excluding hydrogens is 210 g/mol. The molecule has 3 heteroatoms. The number of nitrogens with one attached hydrogen (secondary N) is 1. The molecule has 1 aliphatic rings. The third kappa shape index (κ3) is 7.02. The molecule has 0 aromatic rings. The minimum atomic E-state index is 0.429. The van der Waals surface area contributed by atoms with Gasteiger partial charge in [0.2, 0.25) is 0 Å². The number of nitrogens with zero attached hydrogens (tertiary/aromatic N) is 2. The first-order valence-corrected chi connectivity index (χ1v) is 7.02. The fraction of sp³-hybridized carbons (Fsp3) is 1.00. The van der Waals surface area contributed by atoms with E-state index in [1.54, 1.807) is 0 Å². The normalized spacial score (nSPS) is 20.1. The molecule has 0 unspecified atom stereocenters. The lowest BCUT2D eigenvalue weighted by molar-refractivity contribution is 0.0968. The molecule has 0 amide bonds. The van der Waals surface area contributed by atoms with Gasteiger partial charge in [-0.25, -0.2) is 0 Å². The largest absolute Gasteiger partial charge is 0.304 e. The molecular formula is C14H31N3. The highest BCUT2D eigenvalue weighted by atomic mass is 15.3. The maximum absolute atomic E-state index is 3.53. The van der Waals surface area contributed by atoms with E-state index in [0.29, 0.717) is 5.41 Å². The summed E-state index contributed by atoms with van der Waals surface area (Å²) in [4.78, 5) is 5.13. The number of rotatable bonds is 5. The zero-order chi connectivity index (χ0) is 12.9. The van der Waals surface area contributed by atoms with Gasteiger partial charge in [-0.15, -0.1) is 0 Å². The summed E-state index contributed by atoms with van der Waals surface area (Å²) in [5, 5.41) is 3.53. The maximum atomic E-state index is 3.53. The highest BCUT2D eigenvalue weighted by molar-refractivity contribution is 4.75. The van der Waals surface area contributed by atoms with Gasteiger partial charge in [-0.1, -0.05) is 34.6 Å². The van der Waals surface area contributed by atoms with E-state index in [-0.39, 0.29) is 0 Å². The van der Waals surface area contributed by atoms with Crippen molar-refractivity contribution in [2.75, 3.05) is 45.9 Å². The Morgan fingerprint density at radius 1 is 1.00 bits per heavy atom. The van der Waals surface area contributed by atoms with Crippen LogP contribution in [-0.2, 0) is 0 Å². The number of hydrogen-bond acceptors (Lipinski definition) is 3. The van der Waals surface area contributed by atoms with E-state index >= 15 is 0 Å². The summed E-state index contributed by atoms with van der Waals surface area (Å²) < 4.78 is 0. The van der Waals surface area contributed by atoms with Crippen LogP contribution in [0, 0.1) is 11.3 Å². The lowest BCUT2D eigenvalue weighted by atomic mass is 9.96. The third-order valence-corrected chi connectivity index (χ3v) is 3.05. The Morgan fingerprint density at radius 3 is 2.00 bits per heavy atom. The summed E-state index contributed by atoms with van der Waals surface area (Å²) in [7, 11) is 0. The monoisotopic (exact) mass is 241 g/mol. The number of hydrogen-bond donors (Lipinski definition) is 1. The van der Waals surface area contributed by atoms with Crippen molar-refractivity contribution in [1.29, 1.82) is 0 Å². The van der Waals surface area contributed by atoms with Gasteiger partial charge in [0.25, 0.3) is 0 Å². The Bertz CT molecular complexity index is 200. The van der Waals surface area contributed by atoms with Crippen LogP contribution in [0.2, 0.25) is 0 Å². The van der Waals surface area contributed by atoms with Crippen molar-refractivity contribution in [1.82, 2.24) is 15.1 Å². The van der Waals surface area contributed by atoms with Crippen molar-refractivity contribution in [2.24, 2.45) is 11.3 Å². The highest BCUT2D eigenvalue weighted by Gasteiger charge is 2.21. The second kappa shape index (κ2) is 6.72. The zero-order valence-corrected chi connectivity index (χ0v) is 12.4. The Balaban J connectivity index is 2.13. The summed E-state index contributed by atoms with van der Waals surface area (Å²) in [6.07, 6.45) is 0. The SMILES string of the molecule is CC(C)CNCN1CCN(CC(C)(C)C)CC1. The lowest BCUT2D eigenvalue weighted by Gasteiger charge is -2.37. The molecule has 1 N–H and O–H groups in total. The molecule has 1 fully saturated rings. The van der Waals surface area contributed by atoms with Gasteiger partial charge in [-0.05, 0) is 17.9 Å². The van der Waals surface area contributed by atoms with E-state index in [2.05, 4.69) is 49.7 Å². The van der Waals surface area contributed by atoms with Gasteiger partial charge in [-0.2, -0.15) is 0 Å². The van der Waals surface area contributed by atoms with Crippen molar-refractivity contribution in [3.63, 3.8) is 0 Å². The molecule has 102 valence electrons. The van der Waals surface area contributed by atoms with Crippen LogP contribution in [0.15, 0.2) is 0 Å². The van der Waals surface area contributed by atoms with E-state index in [4.69, 9.17) is 0 Å². The standard InChI is InChI=1S/C14H31N3/c1-13(2)10-15-12-17-8-6-16(7-9-17)11-14(3,4)5/h13,15H,6-12H2,1-5H3. The molecule has 0 atom stereocenters. The van der Waals surface area contributed by atoms with Crippen LogP contribution in [0.3, 0.4) is 0 Å². The fourth-order valence-corrected chi connectivity index (χ4v) is 2.29. The molecule has 0 radical (unpaired) electrons. The summed E-state index contributed by atoms with van der Waals surface area (Å²) in [5.74, 6) is 0.747. The Kier molecular flexibility index (Phi) is 5.90. The van der Waals surface area contributed by atoms with Gasteiger partial charge >= 0.3 is 0 Å². The van der Waals surface area contributed by atoms with Gasteiger partial charge in [0.1, 0.15) is 0 Å².